The molecular formula is C12H14N2S2. The maximum Gasteiger partial charge on any atom is 0.154 e. The molecule has 1 N–H and O–H groups in total. The second-order valence-corrected chi connectivity index (χ2v) is 5.63. The molecule has 0 aliphatic rings. The van der Waals surface area contributed by atoms with Gasteiger partial charge in [-0.1, -0.05) is 30.0 Å². The summed E-state index contributed by atoms with van der Waals surface area (Å²) in [4.78, 5) is 5.58. The smallest absolute Gasteiger partial charge is 0.154 e. The average molecular weight is 250 g/mol. The van der Waals surface area contributed by atoms with Gasteiger partial charge in [-0.05, 0) is 25.6 Å². The minimum absolute atomic E-state index is 0.365. The lowest BCUT2D eigenvalue weighted by atomic mass is 10.1. The molecule has 0 bridgehead atoms. The van der Waals surface area contributed by atoms with E-state index < -0.39 is 0 Å². The zero-order valence-electron chi connectivity index (χ0n) is 9.31. The Kier molecular flexibility index (Phi) is 3.98. The Morgan fingerprint density at radius 1 is 1.38 bits per heavy atom. The largest absolute Gasteiger partial charge is 0.313 e. The minimum Gasteiger partial charge on any atom is -0.313 e. The van der Waals surface area contributed by atoms with E-state index in [2.05, 4.69) is 41.5 Å². The van der Waals surface area contributed by atoms with Gasteiger partial charge in [0.1, 0.15) is 0 Å². The molecule has 0 fully saturated rings. The molecule has 1 atom stereocenters. The number of nitrogens with one attached hydrogen (secondary N) is 1. The number of thiazole rings is 1. The Morgan fingerprint density at radius 2 is 2.19 bits per heavy atom. The van der Waals surface area contributed by atoms with Crippen molar-refractivity contribution in [3.8, 4) is 0 Å². The van der Waals surface area contributed by atoms with E-state index in [0.717, 1.165) is 4.34 Å². The number of aromatic nitrogens is 1. The Labute approximate surface area is 104 Å². The molecule has 1 aromatic carbocycles. The quantitative estimate of drug-likeness (QED) is 0.898. The lowest BCUT2D eigenvalue weighted by Gasteiger charge is -2.14. The minimum atomic E-state index is 0.365. The van der Waals surface area contributed by atoms with Crippen molar-refractivity contribution in [2.45, 2.75) is 22.2 Å². The van der Waals surface area contributed by atoms with Gasteiger partial charge in [0.05, 0.1) is 0 Å². The Hall–Kier alpha value is -0.840. The molecule has 2 nitrogen and oxygen atoms in total. The fourth-order valence-electron chi connectivity index (χ4n) is 1.44. The maximum absolute atomic E-state index is 4.30. The first-order valence-corrected chi connectivity index (χ1v) is 6.84. The predicted molar refractivity (Wildman–Crippen MR) is 70.2 cm³/mol. The molecule has 2 aromatic rings. The van der Waals surface area contributed by atoms with Crippen molar-refractivity contribution in [1.29, 1.82) is 0 Å². The molecule has 0 aliphatic carbocycles. The molecular weight excluding hydrogens is 236 g/mol. The van der Waals surface area contributed by atoms with Gasteiger partial charge in [-0.3, -0.25) is 0 Å². The van der Waals surface area contributed by atoms with Crippen molar-refractivity contribution in [2.75, 3.05) is 7.05 Å². The standard InChI is InChI=1S/C12H14N2S2/c1-9(13-2)10-5-3-4-6-11(10)16-12-14-7-8-15-12/h3-9,13H,1-2H3. The summed E-state index contributed by atoms with van der Waals surface area (Å²) < 4.78 is 1.09. The van der Waals surface area contributed by atoms with Gasteiger partial charge in [-0.15, -0.1) is 11.3 Å². The maximum atomic E-state index is 4.30. The lowest BCUT2D eigenvalue weighted by molar-refractivity contribution is 0.641. The molecule has 16 heavy (non-hydrogen) atoms. The van der Waals surface area contributed by atoms with E-state index in [-0.39, 0.29) is 0 Å². The van der Waals surface area contributed by atoms with Gasteiger partial charge in [0.25, 0.3) is 0 Å². The predicted octanol–water partition coefficient (Wildman–Crippen LogP) is 3.57. The van der Waals surface area contributed by atoms with E-state index in [9.17, 15) is 0 Å². The summed E-state index contributed by atoms with van der Waals surface area (Å²) in [6.07, 6.45) is 1.84. The number of benzene rings is 1. The molecule has 0 spiro atoms. The van der Waals surface area contributed by atoms with Crippen LogP contribution in [0.25, 0.3) is 0 Å². The summed E-state index contributed by atoms with van der Waals surface area (Å²) in [5.41, 5.74) is 1.32. The van der Waals surface area contributed by atoms with Crippen LogP contribution in [0.15, 0.2) is 45.1 Å². The van der Waals surface area contributed by atoms with Crippen molar-refractivity contribution < 1.29 is 0 Å². The molecule has 2 rings (SSSR count). The Morgan fingerprint density at radius 3 is 2.88 bits per heavy atom. The van der Waals surface area contributed by atoms with Crippen molar-refractivity contribution in [2.24, 2.45) is 0 Å². The summed E-state index contributed by atoms with van der Waals surface area (Å²) >= 11 is 3.41. The molecule has 0 radical (unpaired) electrons. The van der Waals surface area contributed by atoms with Gasteiger partial charge in [0.15, 0.2) is 4.34 Å². The fourth-order valence-corrected chi connectivity index (χ4v) is 3.24. The third-order valence-corrected chi connectivity index (χ3v) is 4.40. The highest BCUT2D eigenvalue weighted by atomic mass is 32.2. The van der Waals surface area contributed by atoms with Crippen LogP contribution in [-0.4, -0.2) is 12.0 Å². The van der Waals surface area contributed by atoms with E-state index >= 15 is 0 Å². The average Bonchev–Trinajstić information content (AvgIpc) is 2.82. The van der Waals surface area contributed by atoms with Crippen LogP contribution >= 0.6 is 23.1 Å². The molecule has 1 unspecified atom stereocenters. The van der Waals surface area contributed by atoms with Crippen LogP contribution in [0, 0.1) is 0 Å². The van der Waals surface area contributed by atoms with Crippen LogP contribution in [0.5, 0.6) is 0 Å². The van der Waals surface area contributed by atoms with Crippen LogP contribution in [0.3, 0.4) is 0 Å². The van der Waals surface area contributed by atoms with Crippen LogP contribution in [0.1, 0.15) is 18.5 Å². The molecule has 0 aliphatic heterocycles. The molecule has 4 heteroatoms. The normalized spacial score (nSPS) is 12.6. The zero-order valence-corrected chi connectivity index (χ0v) is 10.9. The van der Waals surface area contributed by atoms with Crippen molar-refractivity contribution in [1.82, 2.24) is 10.3 Å². The summed E-state index contributed by atoms with van der Waals surface area (Å²) in [5.74, 6) is 0. The molecule has 0 saturated carbocycles. The van der Waals surface area contributed by atoms with Crippen molar-refractivity contribution in [3.63, 3.8) is 0 Å². The van der Waals surface area contributed by atoms with E-state index in [4.69, 9.17) is 0 Å². The second kappa shape index (κ2) is 5.48. The first-order chi connectivity index (χ1) is 7.81. The van der Waals surface area contributed by atoms with Gasteiger partial charge >= 0.3 is 0 Å². The molecule has 84 valence electrons. The monoisotopic (exact) mass is 250 g/mol. The van der Waals surface area contributed by atoms with Gasteiger partial charge in [-0.25, -0.2) is 4.98 Å². The first kappa shape index (κ1) is 11.6. The van der Waals surface area contributed by atoms with Gasteiger partial charge in [-0.2, -0.15) is 0 Å². The summed E-state index contributed by atoms with van der Waals surface area (Å²) in [7, 11) is 1.98. The third kappa shape index (κ3) is 2.64. The van der Waals surface area contributed by atoms with Gasteiger partial charge in [0, 0.05) is 22.5 Å². The number of rotatable bonds is 4. The van der Waals surface area contributed by atoms with Gasteiger partial charge in [0.2, 0.25) is 0 Å². The third-order valence-electron chi connectivity index (χ3n) is 2.43. The molecule has 1 aromatic heterocycles. The van der Waals surface area contributed by atoms with Crippen LogP contribution < -0.4 is 5.32 Å². The SMILES string of the molecule is CNC(C)c1ccccc1Sc1nccs1. The lowest BCUT2D eigenvalue weighted by Crippen LogP contribution is -2.12. The molecule has 0 saturated heterocycles. The molecule has 0 amide bonds. The van der Waals surface area contributed by atoms with Crippen LogP contribution in [0.4, 0.5) is 0 Å². The summed E-state index contributed by atoms with van der Waals surface area (Å²) in [5, 5.41) is 5.28. The zero-order chi connectivity index (χ0) is 11.4. The van der Waals surface area contributed by atoms with Crippen LogP contribution in [-0.2, 0) is 0 Å². The molecule has 1 heterocycles. The Balaban J connectivity index is 2.26. The highest BCUT2D eigenvalue weighted by Gasteiger charge is 2.09. The van der Waals surface area contributed by atoms with Crippen molar-refractivity contribution >= 4 is 23.1 Å². The van der Waals surface area contributed by atoms with E-state index in [1.54, 1.807) is 23.1 Å². The fraction of sp³-hybridized carbons (Fsp3) is 0.250. The van der Waals surface area contributed by atoms with Crippen LogP contribution in [0.2, 0.25) is 0 Å². The highest BCUT2D eigenvalue weighted by molar-refractivity contribution is 8.01. The van der Waals surface area contributed by atoms with E-state index in [0.29, 0.717) is 6.04 Å². The second-order valence-electron chi connectivity index (χ2n) is 3.45. The Bertz CT molecular complexity index is 440. The first-order valence-electron chi connectivity index (χ1n) is 5.15. The topological polar surface area (TPSA) is 24.9 Å². The number of hydrogen-bond donors (Lipinski definition) is 1. The van der Waals surface area contributed by atoms with E-state index in [1.165, 1.54) is 10.5 Å². The number of hydrogen-bond acceptors (Lipinski definition) is 4. The summed E-state index contributed by atoms with van der Waals surface area (Å²) in [6.45, 7) is 2.17. The highest BCUT2D eigenvalue weighted by Crippen LogP contribution is 2.33. The summed E-state index contributed by atoms with van der Waals surface area (Å²) in [6, 6.07) is 8.83. The number of nitrogens with zero attached hydrogens (tertiary/aromatic N) is 1. The van der Waals surface area contributed by atoms with Crippen molar-refractivity contribution in [3.05, 3.63) is 41.4 Å². The van der Waals surface area contributed by atoms with E-state index in [1.807, 2.05) is 18.6 Å². The van der Waals surface area contributed by atoms with Gasteiger partial charge < -0.3 is 5.32 Å².